The van der Waals surface area contributed by atoms with Gasteiger partial charge in [-0.25, -0.2) is 9.18 Å². The SMILES string of the molecule is O=C(NCC1CCNCC1)Nc1cnn(Cc2cccc(F)c2)c1. The standard InChI is InChI=1S/C17H22FN5O/c18-15-3-1-2-14(8-15)11-23-12-16(10-21-23)22-17(24)20-9-13-4-6-19-7-5-13/h1-3,8,10,12-13,19H,4-7,9,11H2,(H2,20,22,24). The van der Waals surface area contributed by atoms with E-state index in [9.17, 15) is 9.18 Å². The number of benzene rings is 1. The van der Waals surface area contributed by atoms with Gasteiger partial charge < -0.3 is 16.0 Å². The third-order valence-corrected chi connectivity index (χ3v) is 4.13. The molecule has 1 aliphatic heterocycles. The number of hydrogen-bond donors (Lipinski definition) is 3. The molecule has 2 amide bonds. The zero-order chi connectivity index (χ0) is 16.8. The van der Waals surface area contributed by atoms with E-state index in [0.29, 0.717) is 24.7 Å². The van der Waals surface area contributed by atoms with Crippen molar-refractivity contribution in [3.63, 3.8) is 0 Å². The van der Waals surface area contributed by atoms with Crippen LogP contribution in [0.5, 0.6) is 0 Å². The molecular formula is C17H22FN5O. The number of carbonyl (C=O) groups excluding carboxylic acids is 1. The molecule has 3 rings (SSSR count). The predicted octanol–water partition coefficient (Wildman–Crippen LogP) is 2.19. The molecule has 0 unspecified atom stereocenters. The highest BCUT2D eigenvalue weighted by molar-refractivity contribution is 5.88. The molecule has 1 fully saturated rings. The molecular weight excluding hydrogens is 309 g/mol. The van der Waals surface area contributed by atoms with Gasteiger partial charge in [-0.1, -0.05) is 12.1 Å². The Morgan fingerprint density at radius 3 is 3.00 bits per heavy atom. The number of rotatable bonds is 5. The molecule has 0 saturated carbocycles. The van der Waals surface area contributed by atoms with Gasteiger partial charge in [0.15, 0.2) is 0 Å². The van der Waals surface area contributed by atoms with E-state index < -0.39 is 0 Å². The Labute approximate surface area is 140 Å². The Balaban J connectivity index is 1.47. The molecule has 1 aromatic carbocycles. The minimum Gasteiger partial charge on any atom is -0.338 e. The number of anilines is 1. The van der Waals surface area contributed by atoms with Gasteiger partial charge in [-0.05, 0) is 49.5 Å². The molecule has 0 aliphatic carbocycles. The number of amides is 2. The fraction of sp³-hybridized carbons (Fsp3) is 0.412. The second-order valence-corrected chi connectivity index (χ2v) is 6.08. The van der Waals surface area contributed by atoms with Crippen LogP contribution in [0.2, 0.25) is 0 Å². The Morgan fingerprint density at radius 1 is 1.38 bits per heavy atom. The van der Waals surface area contributed by atoms with E-state index in [1.165, 1.54) is 12.1 Å². The van der Waals surface area contributed by atoms with Gasteiger partial charge in [-0.3, -0.25) is 4.68 Å². The summed E-state index contributed by atoms with van der Waals surface area (Å²) in [6, 6.07) is 6.16. The zero-order valence-electron chi connectivity index (χ0n) is 13.5. The molecule has 2 heterocycles. The highest BCUT2D eigenvalue weighted by Gasteiger charge is 2.14. The summed E-state index contributed by atoms with van der Waals surface area (Å²) < 4.78 is 14.9. The maximum Gasteiger partial charge on any atom is 0.319 e. The summed E-state index contributed by atoms with van der Waals surface area (Å²) in [6.45, 7) is 3.17. The van der Waals surface area contributed by atoms with Crippen LogP contribution in [0.1, 0.15) is 18.4 Å². The third kappa shape index (κ3) is 4.79. The number of nitrogens with zero attached hydrogens (tertiary/aromatic N) is 2. The van der Waals surface area contributed by atoms with E-state index in [4.69, 9.17) is 0 Å². The molecule has 24 heavy (non-hydrogen) atoms. The van der Waals surface area contributed by atoms with Crippen molar-refractivity contribution in [1.82, 2.24) is 20.4 Å². The number of piperidine rings is 1. The molecule has 1 aliphatic rings. The van der Waals surface area contributed by atoms with Gasteiger partial charge in [0.05, 0.1) is 18.4 Å². The third-order valence-electron chi connectivity index (χ3n) is 4.13. The van der Waals surface area contributed by atoms with E-state index in [-0.39, 0.29) is 11.8 Å². The second kappa shape index (κ2) is 7.92. The van der Waals surface area contributed by atoms with E-state index in [1.807, 2.05) is 6.07 Å². The van der Waals surface area contributed by atoms with Crippen LogP contribution in [0.25, 0.3) is 0 Å². The zero-order valence-corrected chi connectivity index (χ0v) is 13.5. The first kappa shape index (κ1) is 16.4. The highest BCUT2D eigenvalue weighted by atomic mass is 19.1. The van der Waals surface area contributed by atoms with Crippen molar-refractivity contribution in [2.45, 2.75) is 19.4 Å². The summed E-state index contributed by atoms with van der Waals surface area (Å²) in [4.78, 5) is 11.9. The molecule has 0 spiro atoms. The van der Waals surface area contributed by atoms with Crippen molar-refractivity contribution in [2.24, 2.45) is 5.92 Å². The lowest BCUT2D eigenvalue weighted by Gasteiger charge is -2.22. The molecule has 3 N–H and O–H groups in total. The van der Waals surface area contributed by atoms with Crippen LogP contribution in [-0.2, 0) is 6.54 Å². The molecule has 1 saturated heterocycles. The largest absolute Gasteiger partial charge is 0.338 e. The summed E-state index contributed by atoms with van der Waals surface area (Å²) in [7, 11) is 0. The Hall–Kier alpha value is -2.41. The lowest BCUT2D eigenvalue weighted by Crippen LogP contribution is -2.37. The van der Waals surface area contributed by atoms with E-state index in [0.717, 1.165) is 31.5 Å². The minimum absolute atomic E-state index is 0.223. The van der Waals surface area contributed by atoms with Crippen molar-refractivity contribution >= 4 is 11.7 Å². The Morgan fingerprint density at radius 2 is 2.21 bits per heavy atom. The predicted molar refractivity (Wildman–Crippen MR) is 90.3 cm³/mol. The highest BCUT2D eigenvalue weighted by Crippen LogP contribution is 2.11. The maximum absolute atomic E-state index is 13.2. The Bertz CT molecular complexity index is 681. The summed E-state index contributed by atoms with van der Waals surface area (Å²) >= 11 is 0. The molecule has 2 aromatic rings. The second-order valence-electron chi connectivity index (χ2n) is 6.08. The molecule has 1 aromatic heterocycles. The van der Waals surface area contributed by atoms with Gasteiger partial charge in [0.1, 0.15) is 5.82 Å². The number of aromatic nitrogens is 2. The molecule has 0 atom stereocenters. The number of hydrogen-bond acceptors (Lipinski definition) is 3. The first-order chi connectivity index (χ1) is 11.7. The summed E-state index contributed by atoms with van der Waals surface area (Å²) in [6.07, 6.45) is 5.50. The van der Waals surface area contributed by atoms with Crippen LogP contribution >= 0.6 is 0 Å². The van der Waals surface area contributed by atoms with Gasteiger partial charge in [0, 0.05) is 12.7 Å². The lowest BCUT2D eigenvalue weighted by atomic mass is 9.98. The van der Waals surface area contributed by atoms with Crippen LogP contribution in [0.3, 0.4) is 0 Å². The number of nitrogens with one attached hydrogen (secondary N) is 3. The van der Waals surface area contributed by atoms with E-state index >= 15 is 0 Å². The molecule has 0 bridgehead atoms. The molecule has 0 radical (unpaired) electrons. The van der Waals surface area contributed by atoms with Crippen molar-refractivity contribution in [2.75, 3.05) is 25.0 Å². The maximum atomic E-state index is 13.2. The van der Waals surface area contributed by atoms with Gasteiger partial charge in [-0.2, -0.15) is 5.10 Å². The smallest absolute Gasteiger partial charge is 0.319 e. The van der Waals surface area contributed by atoms with Gasteiger partial charge in [0.25, 0.3) is 0 Å². The molecule has 128 valence electrons. The van der Waals surface area contributed by atoms with Crippen LogP contribution in [-0.4, -0.2) is 35.4 Å². The van der Waals surface area contributed by atoms with Crippen LogP contribution < -0.4 is 16.0 Å². The fourth-order valence-corrected chi connectivity index (χ4v) is 2.84. The summed E-state index contributed by atoms with van der Waals surface area (Å²) in [5.41, 5.74) is 1.44. The van der Waals surface area contributed by atoms with Gasteiger partial charge in [0.2, 0.25) is 0 Å². The van der Waals surface area contributed by atoms with Crippen LogP contribution in [0.15, 0.2) is 36.7 Å². The normalized spacial score (nSPS) is 15.2. The first-order valence-corrected chi connectivity index (χ1v) is 8.21. The summed E-state index contributed by atoms with van der Waals surface area (Å²) in [5.74, 6) is 0.267. The van der Waals surface area contributed by atoms with Gasteiger partial charge >= 0.3 is 6.03 Å². The monoisotopic (exact) mass is 331 g/mol. The molecule has 6 nitrogen and oxygen atoms in total. The average Bonchev–Trinajstić information content (AvgIpc) is 3.01. The topological polar surface area (TPSA) is 71.0 Å². The van der Waals surface area contributed by atoms with E-state index in [2.05, 4.69) is 21.0 Å². The van der Waals surface area contributed by atoms with Crippen LogP contribution in [0, 0.1) is 11.7 Å². The fourth-order valence-electron chi connectivity index (χ4n) is 2.84. The van der Waals surface area contributed by atoms with Crippen molar-refractivity contribution in [3.8, 4) is 0 Å². The Kier molecular flexibility index (Phi) is 5.43. The summed E-state index contributed by atoms with van der Waals surface area (Å²) in [5, 5.41) is 13.2. The number of halogens is 1. The van der Waals surface area contributed by atoms with Crippen molar-refractivity contribution < 1.29 is 9.18 Å². The van der Waals surface area contributed by atoms with Gasteiger partial charge in [-0.15, -0.1) is 0 Å². The van der Waals surface area contributed by atoms with Crippen LogP contribution in [0.4, 0.5) is 14.9 Å². The first-order valence-electron chi connectivity index (χ1n) is 8.21. The lowest BCUT2D eigenvalue weighted by molar-refractivity contribution is 0.248. The minimum atomic E-state index is -0.268. The van der Waals surface area contributed by atoms with Crippen molar-refractivity contribution in [3.05, 3.63) is 48.0 Å². The molecule has 7 heteroatoms. The quantitative estimate of drug-likeness (QED) is 0.786. The van der Waals surface area contributed by atoms with Crippen molar-refractivity contribution in [1.29, 1.82) is 0 Å². The number of urea groups is 1. The average molecular weight is 331 g/mol. The number of carbonyl (C=O) groups is 1. The van der Waals surface area contributed by atoms with E-state index in [1.54, 1.807) is 23.1 Å².